The van der Waals surface area contributed by atoms with Gasteiger partial charge in [0.2, 0.25) is 0 Å². The lowest BCUT2D eigenvalue weighted by atomic mass is 10.2. The van der Waals surface area contributed by atoms with Crippen molar-refractivity contribution in [1.29, 1.82) is 0 Å². The number of carbonyl (C=O) groups is 1. The summed E-state index contributed by atoms with van der Waals surface area (Å²) in [5, 5.41) is 8.49. The summed E-state index contributed by atoms with van der Waals surface area (Å²) in [7, 11) is 0. The van der Waals surface area contributed by atoms with Gasteiger partial charge < -0.3 is 10.8 Å². The van der Waals surface area contributed by atoms with Crippen molar-refractivity contribution in [3.63, 3.8) is 0 Å². The van der Waals surface area contributed by atoms with Gasteiger partial charge in [-0.2, -0.15) is 4.21 Å². The van der Waals surface area contributed by atoms with E-state index < -0.39 is 17.3 Å². The number of para-hydroxylation sites is 1. The van der Waals surface area contributed by atoms with Crippen LogP contribution in [0.2, 0.25) is 0 Å². The molecule has 1 aromatic carbocycles. The van der Waals surface area contributed by atoms with Crippen LogP contribution < -0.4 is 5.73 Å². The van der Waals surface area contributed by atoms with Crippen molar-refractivity contribution in [2.75, 3.05) is 5.73 Å². The zero-order valence-corrected chi connectivity index (χ0v) is 7.77. The fourth-order valence-electron chi connectivity index (χ4n) is 0.692. The van der Waals surface area contributed by atoms with Crippen molar-refractivity contribution in [2.45, 2.75) is 0 Å². The lowest BCUT2D eigenvalue weighted by molar-refractivity contribution is 0.0698. The largest absolute Gasteiger partial charge is 0.478 e. The van der Waals surface area contributed by atoms with E-state index in [-0.39, 0.29) is 5.56 Å². The monoisotopic (exact) mass is 219 g/mol. The van der Waals surface area contributed by atoms with Crippen LogP contribution in [0.25, 0.3) is 0 Å². The molecule has 0 bridgehead atoms. The van der Waals surface area contributed by atoms with E-state index in [0.717, 1.165) is 0 Å². The number of carboxylic acid groups (broad SMARTS) is 1. The first-order valence-electron chi connectivity index (χ1n) is 3.33. The molecule has 0 saturated heterocycles. The quantitative estimate of drug-likeness (QED) is 0.406. The second kappa shape index (κ2) is 6.08. The van der Waals surface area contributed by atoms with Gasteiger partial charge in [-0.3, -0.25) is 9.11 Å². The summed E-state index contributed by atoms with van der Waals surface area (Å²) in [6, 6.07) is 6.36. The Hall–Kier alpha value is -1.44. The molecule has 0 unspecified atom stereocenters. The minimum Gasteiger partial charge on any atom is -0.478 e. The number of carboxylic acids is 1. The molecule has 0 aromatic heterocycles. The first kappa shape index (κ1) is 12.6. The molecule has 1 aromatic rings. The Labute approximate surface area is 82.5 Å². The third kappa shape index (κ3) is 5.25. The van der Waals surface area contributed by atoms with Gasteiger partial charge in [-0.1, -0.05) is 12.1 Å². The molecule has 0 atom stereocenters. The maximum atomic E-state index is 10.3. The summed E-state index contributed by atoms with van der Waals surface area (Å²) in [6.45, 7) is 0. The van der Waals surface area contributed by atoms with Crippen molar-refractivity contribution in [2.24, 2.45) is 0 Å². The lowest BCUT2D eigenvalue weighted by Crippen LogP contribution is -2.00. The lowest BCUT2D eigenvalue weighted by Gasteiger charge is -1.96. The second-order valence-corrected chi connectivity index (χ2v) is 2.58. The minimum atomic E-state index is -2.61. The topological polar surface area (TPSA) is 121 Å². The highest BCUT2D eigenvalue weighted by Crippen LogP contribution is 2.08. The van der Waals surface area contributed by atoms with Crippen LogP contribution in [-0.2, 0) is 11.4 Å². The van der Waals surface area contributed by atoms with E-state index in [9.17, 15) is 4.79 Å². The highest BCUT2D eigenvalue weighted by Gasteiger charge is 2.03. The third-order valence-corrected chi connectivity index (χ3v) is 1.19. The van der Waals surface area contributed by atoms with Crippen LogP contribution in [0.3, 0.4) is 0 Å². The van der Waals surface area contributed by atoms with E-state index in [0.29, 0.717) is 5.69 Å². The summed E-state index contributed by atoms with van der Waals surface area (Å²) >= 11 is -2.61. The summed E-state index contributed by atoms with van der Waals surface area (Å²) < 4.78 is 22.8. The number of hydrogen-bond donors (Lipinski definition) is 4. The molecule has 0 aliphatic carbocycles. The van der Waals surface area contributed by atoms with Gasteiger partial charge in [0.15, 0.2) is 0 Å². The smallest absolute Gasteiger partial charge is 0.337 e. The molecule has 6 nitrogen and oxygen atoms in total. The number of nitrogens with two attached hydrogens (primary N) is 1. The zero-order valence-electron chi connectivity index (χ0n) is 6.95. The van der Waals surface area contributed by atoms with Crippen LogP contribution in [0, 0.1) is 0 Å². The minimum absolute atomic E-state index is 0.155. The van der Waals surface area contributed by atoms with E-state index >= 15 is 0 Å². The predicted octanol–water partition coefficient (Wildman–Crippen LogP) is 0.648. The van der Waals surface area contributed by atoms with Crippen molar-refractivity contribution in [3.05, 3.63) is 29.8 Å². The van der Waals surface area contributed by atoms with Gasteiger partial charge in [-0.15, -0.1) is 0 Å². The van der Waals surface area contributed by atoms with E-state index in [4.69, 9.17) is 24.2 Å². The molecular weight excluding hydrogens is 210 g/mol. The van der Waals surface area contributed by atoms with Crippen molar-refractivity contribution >= 4 is 23.0 Å². The van der Waals surface area contributed by atoms with Gasteiger partial charge >= 0.3 is 5.97 Å². The van der Waals surface area contributed by atoms with Crippen molar-refractivity contribution in [1.82, 2.24) is 0 Å². The number of hydrogen-bond acceptors (Lipinski definition) is 3. The number of benzene rings is 1. The SMILES string of the molecule is Nc1ccccc1C(=O)O.O=S(O)O. The van der Waals surface area contributed by atoms with Crippen LogP contribution in [0.4, 0.5) is 5.69 Å². The molecule has 0 amide bonds. The molecule has 0 fully saturated rings. The molecule has 0 aliphatic heterocycles. The summed E-state index contributed by atoms with van der Waals surface area (Å²) in [5.41, 5.74) is 5.80. The summed E-state index contributed by atoms with van der Waals surface area (Å²) in [6.07, 6.45) is 0. The molecule has 5 N–H and O–H groups in total. The predicted molar refractivity (Wildman–Crippen MR) is 51.2 cm³/mol. The van der Waals surface area contributed by atoms with Gasteiger partial charge in [0.25, 0.3) is 11.4 Å². The first-order valence-corrected chi connectivity index (χ1v) is 4.39. The van der Waals surface area contributed by atoms with Crippen molar-refractivity contribution in [3.8, 4) is 0 Å². The van der Waals surface area contributed by atoms with E-state index in [1.54, 1.807) is 18.2 Å². The van der Waals surface area contributed by atoms with Crippen LogP contribution in [0.15, 0.2) is 24.3 Å². The molecule has 0 spiro atoms. The van der Waals surface area contributed by atoms with Crippen LogP contribution in [0.5, 0.6) is 0 Å². The highest BCUT2D eigenvalue weighted by atomic mass is 32.2. The first-order chi connectivity index (χ1) is 6.45. The van der Waals surface area contributed by atoms with Gasteiger partial charge in [-0.05, 0) is 12.1 Å². The molecular formula is C7H9NO5S. The number of nitrogen functional groups attached to an aromatic ring is 1. The summed E-state index contributed by atoms with van der Waals surface area (Å²) in [4.78, 5) is 10.3. The van der Waals surface area contributed by atoms with Crippen LogP contribution in [-0.4, -0.2) is 24.4 Å². The van der Waals surface area contributed by atoms with Gasteiger partial charge in [-0.25, -0.2) is 4.79 Å². The molecule has 0 heterocycles. The van der Waals surface area contributed by atoms with E-state index in [1.807, 2.05) is 0 Å². The Bertz CT molecular complexity index is 337. The fourth-order valence-corrected chi connectivity index (χ4v) is 0.692. The Morgan fingerprint density at radius 2 is 1.71 bits per heavy atom. The van der Waals surface area contributed by atoms with Gasteiger partial charge in [0, 0.05) is 5.69 Å². The molecule has 0 saturated carbocycles. The Morgan fingerprint density at radius 3 is 2.00 bits per heavy atom. The van der Waals surface area contributed by atoms with Crippen molar-refractivity contribution < 1.29 is 23.2 Å². The number of aromatic carboxylic acids is 1. The standard InChI is InChI=1S/C7H7NO2.H2O3S/c8-6-4-2-1-3-5(6)7(9)10;1-4(2)3/h1-4H,8H2,(H,9,10);(H2,1,2,3). The normalized spacial score (nSPS) is 9.07. The van der Waals surface area contributed by atoms with Gasteiger partial charge in [0.05, 0.1) is 5.56 Å². The fraction of sp³-hybridized carbons (Fsp3) is 0. The molecule has 78 valence electrons. The molecule has 14 heavy (non-hydrogen) atoms. The second-order valence-electron chi connectivity index (χ2n) is 2.12. The Kier molecular flexibility index (Phi) is 5.46. The van der Waals surface area contributed by atoms with Crippen LogP contribution in [0.1, 0.15) is 10.4 Å². The maximum Gasteiger partial charge on any atom is 0.337 e. The van der Waals surface area contributed by atoms with E-state index in [2.05, 4.69) is 0 Å². The average molecular weight is 219 g/mol. The van der Waals surface area contributed by atoms with E-state index in [1.165, 1.54) is 6.07 Å². The summed E-state index contributed by atoms with van der Waals surface area (Å²) in [5.74, 6) is -0.988. The Balaban J connectivity index is 0.000000364. The number of anilines is 1. The maximum absolute atomic E-state index is 10.3. The van der Waals surface area contributed by atoms with Crippen LogP contribution >= 0.6 is 0 Å². The third-order valence-electron chi connectivity index (χ3n) is 1.19. The number of rotatable bonds is 1. The molecule has 1 rings (SSSR count). The molecule has 7 heteroatoms. The highest BCUT2D eigenvalue weighted by molar-refractivity contribution is 7.73. The van der Waals surface area contributed by atoms with Gasteiger partial charge in [0.1, 0.15) is 0 Å². The Morgan fingerprint density at radius 1 is 1.29 bits per heavy atom. The molecule has 0 radical (unpaired) electrons. The zero-order chi connectivity index (χ0) is 11.1. The molecule has 0 aliphatic rings. The average Bonchev–Trinajstić information content (AvgIpc) is 2.03.